The molecule has 0 aliphatic carbocycles. The van der Waals surface area contributed by atoms with E-state index in [0.29, 0.717) is 22.9 Å². The first-order chi connectivity index (χ1) is 13.7. The average Bonchev–Trinajstić information content (AvgIpc) is 3.24. The molecular formula is C21H18N4O3. The van der Waals surface area contributed by atoms with Gasteiger partial charge in [-0.1, -0.05) is 6.07 Å². The second-order valence-electron chi connectivity index (χ2n) is 6.05. The lowest BCUT2D eigenvalue weighted by Gasteiger charge is -2.10. The lowest BCUT2D eigenvalue weighted by atomic mass is 10.1. The molecule has 0 unspecified atom stereocenters. The number of hydrogen-bond acceptors (Lipinski definition) is 5. The Labute approximate surface area is 161 Å². The van der Waals surface area contributed by atoms with E-state index in [-0.39, 0.29) is 5.56 Å². The Hall–Kier alpha value is -3.87. The van der Waals surface area contributed by atoms with Gasteiger partial charge in [0.1, 0.15) is 5.75 Å². The molecule has 0 aliphatic rings. The zero-order chi connectivity index (χ0) is 19.5. The number of aromatic amines is 1. The number of nitrogens with one attached hydrogen (secondary N) is 1. The molecule has 0 radical (unpaired) electrons. The van der Waals surface area contributed by atoms with Crippen LogP contribution < -0.4 is 15.0 Å². The van der Waals surface area contributed by atoms with Crippen LogP contribution in [0.15, 0.2) is 71.9 Å². The molecule has 0 amide bonds. The van der Waals surface area contributed by atoms with Gasteiger partial charge in [-0.3, -0.25) is 4.79 Å². The Bertz CT molecular complexity index is 1160. The largest absolute Gasteiger partial charge is 0.497 e. The van der Waals surface area contributed by atoms with Crippen LogP contribution in [0.1, 0.15) is 0 Å². The van der Waals surface area contributed by atoms with Crippen molar-refractivity contribution in [1.29, 1.82) is 0 Å². The minimum atomic E-state index is -0.199. The molecule has 0 atom stereocenters. The van der Waals surface area contributed by atoms with E-state index in [0.717, 1.165) is 16.8 Å². The van der Waals surface area contributed by atoms with Gasteiger partial charge in [0.15, 0.2) is 0 Å². The van der Waals surface area contributed by atoms with Crippen molar-refractivity contribution in [2.24, 2.45) is 0 Å². The zero-order valence-corrected chi connectivity index (χ0v) is 15.4. The van der Waals surface area contributed by atoms with Gasteiger partial charge >= 0.3 is 0 Å². The number of hydrogen-bond donors (Lipinski definition) is 1. The standard InChI is InChI=1S/C21H18N4O3/c1-27-17-5-3-4-16(11-17)25-19(8-9-24-25)18-10-15(13-23-21(18)26)14-6-7-20(28-2)22-12-14/h3-13H,1-2H3,(H,23,26). The van der Waals surface area contributed by atoms with Crippen molar-refractivity contribution in [3.8, 4) is 39.7 Å². The summed E-state index contributed by atoms with van der Waals surface area (Å²) in [5.74, 6) is 1.25. The normalized spacial score (nSPS) is 10.6. The highest BCUT2D eigenvalue weighted by Crippen LogP contribution is 2.26. The maximum atomic E-state index is 12.6. The van der Waals surface area contributed by atoms with E-state index in [4.69, 9.17) is 9.47 Å². The Morgan fingerprint density at radius 2 is 1.89 bits per heavy atom. The molecule has 4 aromatic rings. The number of nitrogens with zero attached hydrogens (tertiary/aromatic N) is 3. The van der Waals surface area contributed by atoms with Gasteiger partial charge in [0.05, 0.1) is 37.4 Å². The molecule has 0 bridgehead atoms. The number of pyridine rings is 2. The van der Waals surface area contributed by atoms with Gasteiger partial charge in [0.25, 0.3) is 5.56 Å². The van der Waals surface area contributed by atoms with E-state index in [1.54, 1.807) is 49.6 Å². The first-order valence-corrected chi connectivity index (χ1v) is 8.61. The summed E-state index contributed by atoms with van der Waals surface area (Å²) < 4.78 is 12.1. The molecule has 7 nitrogen and oxygen atoms in total. The Kier molecular flexibility index (Phi) is 4.63. The molecule has 1 N–H and O–H groups in total. The van der Waals surface area contributed by atoms with Crippen LogP contribution >= 0.6 is 0 Å². The first-order valence-electron chi connectivity index (χ1n) is 8.61. The van der Waals surface area contributed by atoms with Crippen molar-refractivity contribution in [3.05, 3.63) is 77.5 Å². The molecule has 0 saturated carbocycles. The van der Waals surface area contributed by atoms with Crippen LogP contribution in [0, 0.1) is 0 Å². The van der Waals surface area contributed by atoms with Crippen molar-refractivity contribution in [3.63, 3.8) is 0 Å². The first kappa shape index (κ1) is 17.5. The van der Waals surface area contributed by atoms with Gasteiger partial charge in [0.2, 0.25) is 5.88 Å². The molecule has 140 valence electrons. The summed E-state index contributed by atoms with van der Waals surface area (Å²) in [6.07, 6.45) is 5.03. The molecule has 7 heteroatoms. The lowest BCUT2D eigenvalue weighted by Crippen LogP contribution is -2.11. The van der Waals surface area contributed by atoms with Crippen molar-refractivity contribution >= 4 is 0 Å². The smallest absolute Gasteiger partial charge is 0.257 e. The third-order valence-corrected chi connectivity index (χ3v) is 4.40. The van der Waals surface area contributed by atoms with Crippen LogP contribution in [0.3, 0.4) is 0 Å². The van der Waals surface area contributed by atoms with Crippen LogP contribution in [-0.4, -0.2) is 34.0 Å². The van der Waals surface area contributed by atoms with Crippen molar-refractivity contribution < 1.29 is 9.47 Å². The van der Waals surface area contributed by atoms with E-state index >= 15 is 0 Å². The quantitative estimate of drug-likeness (QED) is 0.580. The highest BCUT2D eigenvalue weighted by Gasteiger charge is 2.13. The highest BCUT2D eigenvalue weighted by molar-refractivity contribution is 5.70. The monoisotopic (exact) mass is 374 g/mol. The fourth-order valence-corrected chi connectivity index (χ4v) is 2.97. The summed E-state index contributed by atoms with van der Waals surface area (Å²) in [4.78, 5) is 19.6. The number of rotatable bonds is 5. The van der Waals surface area contributed by atoms with E-state index in [1.165, 1.54) is 0 Å². The maximum absolute atomic E-state index is 12.6. The fraction of sp³-hybridized carbons (Fsp3) is 0.0952. The number of ether oxygens (including phenoxy) is 2. The molecule has 28 heavy (non-hydrogen) atoms. The van der Waals surface area contributed by atoms with E-state index < -0.39 is 0 Å². The van der Waals surface area contributed by atoms with Crippen LogP contribution in [0.4, 0.5) is 0 Å². The Morgan fingerprint density at radius 3 is 2.64 bits per heavy atom. The summed E-state index contributed by atoms with van der Waals surface area (Å²) in [7, 11) is 3.18. The Balaban J connectivity index is 1.80. The van der Waals surface area contributed by atoms with Crippen molar-refractivity contribution in [1.82, 2.24) is 19.7 Å². The zero-order valence-electron chi connectivity index (χ0n) is 15.4. The summed E-state index contributed by atoms with van der Waals surface area (Å²) in [6.45, 7) is 0. The molecule has 0 saturated heterocycles. The SMILES string of the molecule is COc1cccc(-n2nccc2-c2cc(-c3ccc(OC)nc3)c[nH]c2=O)c1. The summed E-state index contributed by atoms with van der Waals surface area (Å²) in [6, 6.07) is 14.8. The molecule has 0 spiro atoms. The van der Waals surface area contributed by atoms with Crippen molar-refractivity contribution in [2.75, 3.05) is 14.2 Å². The van der Waals surface area contributed by atoms with Gasteiger partial charge in [-0.15, -0.1) is 0 Å². The van der Waals surface area contributed by atoms with E-state index in [2.05, 4.69) is 15.1 Å². The van der Waals surface area contributed by atoms with Gasteiger partial charge in [-0.25, -0.2) is 9.67 Å². The van der Waals surface area contributed by atoms with E-state index in [9.17, 15) is 4.79 Å². The fourth-order valence-electron chi connectivity index (χ4n) is 2.97. The molecule has 3 heterocycles. The number of benzene rings is 1. The maximum Gasteiger partial charge on any atom is 0.257 e. The lowest BCUT2D eigenvalue weighted by molar-refractivity contribution is 0.398. The summed E-state index contributed by atoms with van der Waals surface area (Å²) >= 11 is 0. The molecular weight excluding hydrogens is 356 g/mol. The minimum absolute atomic E-state index is 0.199. The van der Waals surface area contributed by atoms with Gasteiger partial charge in [-0.05, 0) is 30.3 Å². The molecule has 4 rings (SSSR count). The minimum Gasteiger partial charge on any atom is -0.497 e. The second kappa shape index (κ2) is 7.40. The van der Waals surface area contributed by atoms with Crippen LogP contribution in [0.25, 0.3) is 28.1 Å². The van der Waals surface area contributed by atoms with Gasteiger partial charge in [-0.2, -0.15) is 5.10 Å². The highest BCUT2D eigenvalue weighted by atomic mass is 16.5. The van der Waals surface area contributed by atoms with Crippen LogP contribution in [0.5, 0.6) is 11.6 Å². The third kappa shape index (κ3) is 3.25. The third-order valence-electron chi connectivity index (χ3n) is 4.40. The van der Waals surface area contributed by atoms with Gasteiger partial charge in [0, 0.05) is 35.7 Å². The van der Waals surface area contributed by atoms with Gasteiger partial charge < -0.3 is 14.5 Å². The molecule has 0 aliphatic heterocycles. The average molecular weight is 374 g/mol. The predicted octanol–water partition coefficient (Wildman–Crippen LogP) is 3.31. The van der Waals surface area contributed by atoms with Crippen LogP contribution in [0.2, 0.25) is 0 Å². The number of H-pyrrole nitrogens is 1. The predicted molar refractivity (Wildman–Crippen MR) is 106 cm³/mol. The number of aromatic nitrogens is 4. The van der Waals surface area contributed by atoms with E-state index in [1.807, 2.05) is 36.4 Å². The topological polar surface area (TPSA) is 82.0 Å². The Morgan fingerprint density at radius 1 is 1.00 bits per heavy atom. The molecule has 0 fully saturated rings. The molecule has 1 aromatic carbocycles. The molecule has 3 aromatic heterocycles. The van der Waals surface area contributed by atoms with Crippen LogP contribution in [-0.2, 0) is 0 Å². The number of methoxy groups -OCH3 is 2. The summed E-state index contributed by atoms with van der Waals surface area (Å²) in [5.41, 5.74) is 3.49. The second-order valence-corrected chi connectivity index (χ2v) is 6.05. The van der Waals surface area contributed by atoms with Crippen molar-refractivity contribution in [2.45, 2.75) is 0 Å². The summed E-state index contributed by atoms with van der Waals surface area (Å²) in [5, 5.41) is 4.38.